The molecule has 182 valence electrons. The monoisotopic (exact) mass is 508 g/mol. The first-order valence-electron chi connectivity index (χ1n) is 11.0. The van der Waals surface area contributed by atoms with Crippen molar-refractivity contribution in [1.82, 2.24) is 10.2 Å². The van der Waals surface area contributed by atoms with E-state index in [-0.39, 0.29) is 13.1 Å². The van der Waals surface area contributed by atoms with Crippen molar-refractivity contribution >= 4 is 52.3 Å². The van der Waals surface area contributed by atoms with Crippen LogP contribution in [0.4, 0.5) is 26.2 Å². The maximum absolute atomic E-state index is 12.7. The van der Waals surface area contributed by atoms with Gasteiger partial charge >= 0.3 is 12.0 Å². The summed E-state index contributed by atoms with van der Waals surface area (Å²) in [7, 11) is 0. The highest BCUT2D eigenvalue weighted by Crippen LogP contribution is 2.40. The van der Waals surface area contributed by atoms with Gasteiger partial charge in [0, 0.05) is 71.8 Å². The Balaban J connectivity index is 1.39. The molecule has 2 aliphatic rings. The summed E-state index contributed by atoms with van der Waals surface area (Å²) in [6, 6.07) is 8.67. The Bertz CT molecular complexity index is 1050. The highest BCUT2D eigenvalue weighted by atomic mass is 35.5. The number of fused-ring (bicyclic) bond motifs is 1. The highest BCUT2D eigenvalue weighted by molar-refractivity contribution is 6.35. The zero-order chi connectivity index (χ0) is 24.2. The number of carbonyl (C=O) groups is 2. The summed E-state index contributed by atoms with van der Waals surface area (Å²) in [5.41, 5.74) is 2.72. The van der Waals surface area contributed by atoms with Gasteiger partial charge in [-0.1, -0.05) is 23.2 Å². The molecule has 0 bridgehead atoms. The van der Waals surface area contributed by atoms with Gasteiger partial charge in [0.25, 0.3) is 0 Å². The Hall–Kier alpha value is -2.75. The number of anilines is 3. The van der Waals surface area contributed by atoms with Gasteiger partial charge in [0.2, 0.25) is 0 Å². The zero-order valence-electron chi connectivity index (χ0n) is 18.4. The van der Waals surface area contributed by atoms with Crippen LogP contribution in [-0.4, -0.2) is 67.4 Å². The van der Waals surface area contributed by atoms with Crippen molar-refractivity contribution in [2.24, 2.45) is 0 Å². The van der Waals surface area contributed by atoms with Crippen LogP contribution in [0.25, 0.3) is 0 Å². The second-order valence-electron chi connectivity index (χ2n) is 8.34. The van der Waals surface area contributed by atoms with Gasteiger partial charge in [0.1, 0.15) is 12.7 Å². The van der Waals surface area contributed by atoms with Crippen LogP contribution in [-0.2, 0) is 4.79 Å². The number of nitrogens with zero attached hydrogens (tertiary/aromatic N) is 2. The number of halogens is 3. The topological polar surface area (TPSA) is 96.9 Å². The van der Waals surface area contributed by atoms with Crippen molar-refractivity contribution in [2.75, 3.05) is 54.9 Å². The molecule has 0 spiro atoms. The zero-order valence-corrected chi connectivity index (χ0v) is 19.9. The average Bonchev–Trinajstić information content (AvgIpc) is 2.79. The number of benzene rings is 2. The summed E-state index contributed by atoms with van der Waals surface area (Å²) in [6.07, 6.45) is 0.129. The molecule has 2 heterocycles. The molecular formula is C23H26Cl2FN5O3. The van der Waals surface area contributed by atoms with Gasteiger partial charge in [-0.3, -0.25) is 4.90 Å². The van der Waals surface area contributed by atoms with Gasteiger partial charge in [-0.25, -0.2) is 14.0 Å². The van der Waals surface area contributed by atoms with Gasteiger partial charge < -0.3 is 26.0 Å². The first-order chi connectivity index (χ1) is 16.3. The van der Waals surface area contributed by atoms with E-state index in [1.165, 1.54) is 0 Å². The molecule has 0 aromatic heterocycles. The van der Waals surface area contributed by atoms with E-state index in [1.54, 1.807) is 12.1 Å². The summed E-state index contributed by atoms with van der Waals surface area (Å²) in [4.78, 5) is 28.6. The Morgan fingerprint density at radius 2 is 1.82 bits per heavy atom. The minimum atomic E-state index is -1.03. The Morgan fingerprint density at radius 1 is 1.12 bits per heavy atom. The number of alkyl halides is 1. The SMILES string of the molecule is O=C(Nc1ccc(N2CCN(CC[18F])CC2)cc1)N[C@H]1C[C@H](C(=O)O)Nc2cc(Cl)cc(Cl)c21. The van der Waals surface area contributed by atoms with Crippen LogP contribution in [0.15, 0.2) is 36.4 Å². The van der Waals surface area contributed by atoms with E-state index in [9.17, 15) is 19.1 Å². The number of carboxylic acids is 1. The van der Waals surface area contributed by atoms with E-state index in [0.717, 1.165) is 31.9 Å². The number of rotatable bonds is 6. The lowest BCUT2D eigenvalue weighted by Crippen LogP contribution is -2.47. The number of hydrogen-bond acceptors (Lipinski definition) is 5. The molecule has 4 rings (SSSR count). The Labute approximate surface area is 207 Å². The van der Waals surface area contributed by atoms with Gasteiger partial charge in [0.05, 0.1) is 6.04 Å². The van der Waals surface area contributed by atoms with Gasteiger partial charge in [-0.05, 0) is 36.4 Å². The molecule has 2 aromatic rings. The van der Waals surface area contributed by atoms with Crippen LogP contribution >= 0.6 is 23.2 Å². The number of piperazine rings is 1. The third kappa shape index (κ3) is 5.65. The van der Waals surface area contributed by atoms with E-state index < -0.39 is 24.1 Å². The fraction of sp³-hybridized carbons (Fsp3) is 0.391. The van der Waals surface area contributed by atoms with Crippen molar-refractivity contribution in [3.05, 3.63) is 52.0 Å². The minimum Gasteiger partial charge on any atom is -0.480 e. The number of nitrogens with one attached hydrogen (secondary N) is 3. The second kappa shape index (κ2) is 10.7. The molecule has 1 fully saturated rings. The van der Waals surface area contributed by atoms with E-state index in [0.29, 0.717) is 33.5 Å². The third-order valence-electron chi connectivity index (χ3n) is 6.11. The number of urea groups is 1. The van der Waals surface area contributed by atoms with Crippen LogP contribution in [0.3, 0.4) is 0 Å². The predicted molar refractivity (Wildman–Crippen MR) is 132 cm³/mol. The Kier molecular flexibility index (Phi) is 7.65. The molecule has 4 N–H and O–H groups in total. The van der Waals surface area contributed by atoms with Crippen LogP contribution in [0.1, 0.15) is 18.0 Å². The summed E-state index contributed by atoms with van der Waals surface area (Å²) in [6.45, 7) is 3.40. The average molecular weight is 509 g/mol. The molecule has 34 heavy (non-hydrogen) atoms. The summed E-state index contributed by atoms with van der Waals surface area (Å²) in [5.74, 6) is -1.03. The molecule has 11 heteroatoms. The highest BCUT2D eigenvalue weighted by Gasteiger charge is 2.33. The van der Waals surface area contributed by atoms with E-state index >= 15 is 0 Å². The normalized spacial score (nSPS) is 20.3. The van der Waals surface area contributed by atoms with E-state index in [4.69, 9.17) is 23.2 Å². The van der Waals surface area contributed by atoms with Crippen LogP contribution in [0.2, 0.25) is 10.0 Å². The maximum atomic E-state index is 12.7. The van der Waals surface area contributed by atoms with Crippen molar-refractivity contribution < 1.29 is 19.1 Å². The fourth-order valence-electron chi connectivity index (χ4n) is 4.38. The van der Waals surface area contributed by atoms with Crippen molar-refractivity contribution in [1.29, 1.82) is 0 Å². The summed E-state index contributed by atoms with van der Waals surface area (Å²) < 4.78 is 12.5. The number of amides is 2. The van der Waals surface area contributed by atoms with E-state index in [1.807, 2.05) is 24.3 Å². The molecule has 2 aliphatic heterocycles. The second-order valence-corrected chi connectivity index (χ2v) is 9.18. The fourth-order valence-corrected chi connectivity index (χ4v) is 5.01. The van der Waals surface area contributed by atoms with Crippen LogP contribution in [0.5, 0.6) is 0 Å². The summed E-state index contributed by atoms with van der Waals surface area (Å²) >= 11 is 12.4. The largest absolute Gasteiger partial charge is 0.480 e. The van der Waals surface area contributed by atoms with Crippen LogP contribution in [0, 0.1) is 0 Å². The molecule has 0 radical (unpaired) electrons. The first-order valence-corrected chi connectivity index (χ1v) is 11.8. The van der Waals surface area contributed by atoms with Crippen molar-refractivity contribution in [3.63, 3.8) is 0 Å². The maximum Gasteiger partial charge on any atom is 0.326 e. The lowest BCUT2D eigenvalue weighted by atomic mass is 9.93. The van der Waals surface area contributed by atoms with Crippen LogP contribution < -0.4 is 20.9 Å². The molecular weight excluding hydrogens is 483 g/mol. The standard InChI is InChI=1S/C23H26Cl2FN5O3/c24-14-11-17(25)21-18(12-14)28-20(22(32)33)13-19(21)29-23(34)27-15-1-3-16(4-2-15)31-9-7-30(6-5-26)8-10-31/h1-4,11-12,19-20,28H,5-10,13H2,(H,32,33)(H2,27,29,34)/t19-,20+/m0/s1/i26-1. The molecule has 2 aromatic carbocycles. The molecule has 0 aliphatic carbocycles. The molecule has 2 amide bonds. The lowest BCUT2D eigenvalue weighted by Gasteiger charge is -2.35. The molecule has 0 unspecified atom stereocenters. The van der Waals surface area contributed by atoms with Gasteiger partial charge in [-0.15, -0.1) is 0 Å². The number of carbonyl (C=O) groups excluding carboxylic acids is 1. The number of hydrogen-bond donors (Lipinski definition) is 4. The smallest absolute Gasteiger partial charge is 0.326 e. The molecule has 1 saturated heterocycles. The van der Waals surface area contributed by atoms with Crippen molar-refractivity contribution in [2.45, 2.75) is 18.5 Å². The predicted octanol–water partition coefficient (Wildman–Crippen LogP) is 4.22. The minimum absolute atomic E-state index is 0.129. The third-order valence-corrected chi connectivity index (χ3v) is 6.64. The Morgan fingerprint density at radius 3 is 2.47 bits per heavy atom. The first kappa shape index (κ1) is 24.4. The molecule has 0 saturated carbocycles. The van der Waals surface area contributed by atoms with Gasteiger partial charge in [0.15, 0.2) is 0 Å². The van der Waals surface area contributed by atoms with E-state index in [2.05, 4.69) is 25.8 Å². The molecule has 8 nitrogen and oxygen atoms in total. The lowest BCUT2D eigenvalue weighted by molar-refractivity contribution is -0.138. The van der Waals surface area contributed by atoms with Gasteiger partial charge in [-0.2, -0.15) is 0 Å². The molecule has 2 atom stereocenters. The quantitative estimate of drug-likeness (QED) is 0.466. The van der Waals surface area contributed by atoms with Crippen molar-refractivity contribution in [3.8, 4) is 0 Å². The number of carboxylic acid groups (broad SMARTS) is 1. The number of aliphatic carboxylic acids is 1. The summed E-state index contributed by atoms with van der Waals surface area (Å²) in [5, 5.41) is 18.7.